The average Bonchev–Trinajstić information content (AvgIpc) is 3.53. The van der Waals surface area contributed by atoms with Gasteiger partial charge in [0.15, 0.2) is 0 Å². The summed E-state index contributed by atoms with van der Waals surface area (Å²) in [5.41, 5.74) is 6.12. The number of nitrogens with one attached hydrogen (secondary N) is 5. The van der Waals surface area contributed by atoms with Crippen molar-refractivity contribution in [2.45, 2.75) is 95.4 Å². The highest BCUT2D eigenvalue weighted by Gasteiger charge is 2.36. The number of carbonyl (C=O) groups is 6. The number of aliphatic hydroxyl groups excluding tert-OH is 1. The van der Waals surface area contributed by atoms with Crippen molar-refractivity contribution in [1.29, 1.82) is 0 Å². The number of nitrogens with zero attached hydrogens (tertiary/aromatic N) is 1. The first-order chi connectivity index (χ1) is 22.1. The Bertz CT molecular complexity index is 1220. The van der Waals surface area contributed by atoms with Crippen molar-refractivity contribution in [2.24, 2.45) is 11.7 Å². The second kappa shape index (κ2) is 18.9. The molecule has 0 bridgehead atoms. The van der Waals surface area contributed by atoms with Crippen LogP contribution in [0.1, 0.15) is 64.4 Å². The van der Waals surface area contributed by atoms with Crippen LogP contribution in [0.15, 0.2) is 30.3 Å². The maximum absolute atomic E-state index is 13.8. The van der Waals surface area contributed by atoms with Crippen molar-refractivity contribution in [3.63, 3.8) is 0 Å². The van der Waals surface area contributed by atoms with Crippen LogP contribution in [0, 0.1) is 5.92 Å². The van der Waals surface area contributed by atoms with E-state index in [0.717, 1.165) is 35.9 Å². The summed E-state index contributed by atoms with van der Waals surface area (Å²) in [5.74, 6) is -3.86. The zero-order valence-electron chi connectivity index (χ0n) is 28.3. The maximum atomic E-state index is 13.8. The molecule has 1 aromatic carbocycles. The van der Waals surface area contributed by atoms with Gasteiger partial charge < -0.3 is 41.9 Å². The Kier molecular flexibility index (Phi) is 15.8. The minimum absolute atomic E-state index is 0.190. The molecule has 1 fully saturated rings. The summed E-state index contributed by atoms with van der Waals surface area (Å²) < 4.78 is 0.722. The Morgan fingerprint density at radius 3 is 1.96 bits per heavy atom. The second-order valence-corrected chi connectivity index (χ2v) is 13.4. The molecule has 8 N–H and O–H groups in total. The SMILES string of the molecule is CC(=O)N[C@@H](Cc1ccccc1)C(=O)N[C@@H](C)C(=O)N[C@H](C(=O)N[C@@H](CCCC[N+](C)(C)C)C(=O)N[C@@H](CO)C(N)=O)C1CCCC1. The number of quaternary nitrogens is 1. The molecule has 0 aromatic heterocycles. The molecule has 1 aromatic rings. The Morgan fingerprint density at radius 1 is 0.809 bits per heavy atom. The van der Waals surface area contributed by atoms with Gasteiger partial charge in [-0.3, -0.25) is 28.8 Å². The Hall–Kier alpha value is -4.04. The van der Waals surface area contributed by atoms with Crippen LogP contribution in [0.5, 0.6) is 0 Å². The predicted octanol–water partition coefficient (Wildman–Crippen LogP) is -0.763. The van der Waals surface area contributed by atoms with E-state index in [4.69, 9.17) is 5.73 Å². The van der Waals surface area contributed by atoms with Crippen LogP contribution < -0.4 is 32.3 Å². The molecule has 0 radical (unpaired) electrons. The van der Waals surface area contributed by atoms with Crippen LogP contribution in [0.3, 0.4) is 0 Å². The first-order valence-electron chi connectivity index (χ1n) is 16.3. The van der Waals surface area contributed by atoms with Crippen molar-refractivity contribution in [2.75, 3.05) is 34.3 Å². The van der Waals surface area contributed by atoms with Crippen LogP contribution in [-0.4, -0.2) is 110 Å². The summed E-state index contributed by atoms with van der Waals surface area (Å²) in [5, 5.41) is 22.8. The third-order valence-corrected chi connectivity index (χ3v) is 8.23. The number of unbranched alkanes of at least 4 members (excludes halogenated alkanes) is 1. The van der Waals surface area contributed by atoms with Gasteiger partial charge in [-0.15, -0.1) is 0 Å². The summed E-state index contributed by atoms with van der Waals surface area (Å²) in [6, 6.07) is 3.86. The number of hydrogen-bond donors (Lipinski definition) is 7. The normalized spacial score (nSPS) is 16.6. The standard InChI is InChI=1S/C33H53N7O7/c1-21(35-32(46)26(36-22(2)42)19-23-13-7-6-8-14-23)30(44)39-28(24-15-9-10-16-24)33(47)37-25(17-11-12-18-40(3,4)5)31(45)38-27(20-41)29(34)43/h6-8,13-14,21,24-28,41H,9-12,15-20H2,1-5H3,(H6-,34,35,36,37,38,39,42,43,44,45,46,47)/p+1/t21-,25-,26-,27-,28-/m0/s1. The van der Waals surface area contributed by atoms with Crippen LogP contribution in [0.2, 0.25) is 0 Å². The number of rotatable bonds is 19. The number of carbonyl (C=O) groups excluding carboxylic acids is 6. The first kappa shape index (κ1) is 39.1. The van der Waals surface area contributed by atoms with E-state index in [1.165, 1.54) is 13.8 Å². The van der Waals surface area contributed by atoms with E-state index in [0.29, 0.717) is 19.3 Å². The highest BCUT2D eigenvalue weighted by Crippen LogP contribution is 2.28. The Labute approximate surface area is 277 Å². The molecule has 262 valence electrons. The molecular formula is C33H54N7O7+. The quantitative estimate of drug-likeness (QED) is 0.0744. The van der Waals surface area contributed by atoms with Gasteiger partial charge in [-0.05, 0) is 50.5 Å². The Morgan fingerprint density at radius 2 is 1.40 bits per heavy atom. The van der Waals surface area contributed by atoms with Gasteiger partial charge in [-0.25, -0.2) is 0 Å². The molecule has 1 saturated carbocycles. The van der Waals surface area contributed by atoms with Gasteiger partial charge in [0.1, 0.15) is 30.2 Å². The zero-order valence-corrected chi connectivity index (χ0v) is 28.3. The number of amides is 6. The predicted molar refractivity (Wildman–Crippen MR) is 176 cm³/mol. The number of aliphatic hydroxyl groups is 1. The van der Waals surface area contributed by atoms with Gasteiger partial charge in [0.05, 0.1) is 34.3 Å². The zero-order chi connectivity index (χ0) is 35.1. The molecule has 14 nitrogen and oxygen atoms in total. The van der Waals surface area contributed by atoms with Crippen molar-refractivity contribution < 1.29 is 38.4 Å². The molecule has 14 heteroatoms. The smallest absolute Gasteiger partial charge is 0.243 e. The van der Waals surface area contributed by atoms with E-state index in [1.54, 1.807) is 0 Å². The molecule has 2 rings (SSSR count). The average molecular weight is 661 g/mol. The molecule has 0 saturated heterocycles. The summed E-state index contributed by atoms with van der Waals surface area (Å²) in [6.07, 6.45) is 4.98. The maximum Gasteiger partial charge on any atom is 0.243 e. The van der Waals surface area contributed by atoms with Crippen molar-refractivity contribution in [3.8, 4) is 0 Å². The number of benzene rings is 1. The van der Waals surface area contributed by atoms with Crippen molar-refractivity contribution in [1.82, 2.24) is 26.6 Å². The molecule has 1 aliphatic carbocycles. The fourth-order valence-electron chi connectivity index (χ4n) is 5.59. The molecule has 6 amide bonds. The Balaban J connectivity index is 2.17. The molecule has 1 aliphatic rings. The summed E-state index contributed by atoms with van der Waals surface area (Å²) in [6.45, 7) is 2.94. The van der Waals surface area contributed by atoms with E-state index in [-0.39, 0.29) is 18.8 Å². The number of nitrogens with two attached hydrogens (primary N) is 1. The fourth-order valence-corrected chi connectivity index (χ4v) is 5.59. The van der Waals surface area contributed by atoms with Crippen LogP contribution in [0.25, 0.3) is 0 Å². The molecule has 0 aliphatic heterocycles. The van der Waals surface area contributed by atoms with Gasteiger partial charge in [-0.2, -0.15) is 0 Å². The van der Waals surface area contributed by atoms with Gasteiger partial charge >= 0.3 is 0 Å². The first-order valence-corrected chi connectivity index (χ1v) is 16.3. The second-order valence-electron chi connectivity index (χ2n) is 13.4. The lowest BCUT2D eigenvalue weighted by Gasteiger charge is -2.29. The molecule has 5 atom stereocenters. The summed E-state index contributed by atoms with van der Waals surface area (Å²) in [4.78, 5) is 77.0. The summed E-state index contributed by atoms with van der Waals surface area (Å²) in [7, 11) is 6.14. The van der Waals surface area contributed by atoms with Crippen LogP contribution in [0.4, 0.5) is 0 Å². The third kappa shape index (κ3) is 14.1. The van der Waals surface area contributed by atoms with E-state index < -0.39 is 72.3 Å². The van der Waals surface area contributed by atoms with Crippen molar-refractivity contribution in [3.05, 3.63) is 35.9 Å². The van der Waals surface area contributed by atoms with Crippen LogP contribution >= 0.6 is 0 Å². The monoisotopic (exact) mass is 660 g/mol. The number of hydrogen-bond acceptors (Lipinski definition) is 7. The molecule has 0 heterocycles. The molecular weight excluding hydrogens is 606 g/mol. The third-order valence-electron chi connectivity index (χ3n) is 8.23. The highest BCUT2D eigenvalue weighted by molar-refractivity contribution is 5.96. The molecule has 47 heavy (non-hydrogen) atoms. The lowest BCUT2D eigenvalue weighted by molar-refractivity contribution is -0.870. The molecule has 0 spiro atoms. The van der Waals surface area contributed by atoms with Crippen LogP contribution in [-0.2, 0) is 35.2 Å². The van der Waals surface area contributed by atoms with E-state index in [2.05, 4.69) is 26.6 Å². The van der Waals surface area contributed by atoms with Gasteiger partial charge in [0.2, 0.25) is 35.4 Å². The van der Waals surface area contributed by atoms with Gasteiger partial charge in [0.25, 0.3) is 0 Å². The summed E-state index contributed by atoms with van der Waals surface area (Å²) >= 11 is 0. The van der Waals surface area contributed by atoms with Crippen molar-refractivity contribution >= 4 is 35.4 Å². The fraction of sp³-hybridized carbons (Fsp3) is 0.636. The van der Waals surface area contributed by atoms with Gasteiger partial charge in [0, 0.05) is 13.3 Å². The topological polar surface area (TPSA) is 209 Å². The number of primary amides is 1. The minimum atomic E-state index is -1.31. The van der Waals surface area contributed by atoms with Gasteiger partial charge in [-0.1, -0.05) is 43.2 Å². The van der Waals surface area contributed by atoms with E-state index >= 15 is 0 Å². The lowest BCUT2D eigenvalue weighted by atomic mass is 9.96. The van der Waals surface area contributed by atoms with E-state index in [1.807, 2.05) is 51.5 Å². The van der Waals surface area contributed by atoms with E-state index in [9.17, 15) is 33.9 Å². The minimum Gasteiger partial charge on any atom is -0.394 e. The lowest BCUT2D eigenvalue weighted by Crippen LogP contribution is -2.60. The molecule has 0 unspecified atom stereocenters. The highest BCUT2D eigenvalue weighted by atomic mass is 16.3. The largest absolute Gasteiger partial charge is 0.394 e.